The number of hydrogen-bond acceptors (Lipinski definition) is 4. The zero-order valence-corrected chi connectivity index (χ0v) is 13.9. The van der Waals surface area contributed by atoms with Crippen LogP contribution in [0.15, 0.2) is 24.3 Å². The summed E-state index contributed by atoms with van der Waals surface area (Å²) in [7, 11) is 0. The summed E-state index contributed by atoms with van der Waals surface area (Å²) in [6.07, 6.45) is 2.02. The summed E-state index contributed by atoms with van der Waals surface area (Å²) in [5.41, 5.74) is 0.616. The van der Waals surface area contributed by atoms with Gasteiger partial charge in [0, 0.05) is 37.7 Å². The van der Waals surface area contributed by atoms with E-state index in [1.165, 1.54) is 6.92 Å². The van der Waals surface area contributed by atoms with Gasteiger partial charge in [0.15, 0.2) is 12.4 Å². The predicted molar refractivity (Wildman–Crippen MR) is 87.8 cm³/mol. The molecule has 1 saturated heterocycles. The first kappa shape index (κ1) is 16.5. The van der Waals surface area contributed by atoms with Crippen LogP contribution in [-0.2, 0) is 9.59 Å². The molecule has 1 aromatic rings. The average molecular weight is 330 g/mol. The number of carbonyl (C=O) groups excluding carboxylic acids is 3. The third-order valence-corrected chi connectivity index (χ3v) is 4.49. The molecule has 0 bridgehead atoms. The minimum atomic E-state index is -0.0795. The summed E-state index contributed by atoms with van der Waals surface area (Å²) in [5.74, 6) is 0.953. The lowest BCUT2D eigenvalue weighted by Crippen LogP contribution is -2.52. The maximum atomic E-state index is 12.2. The zero-order valence-electron chi connectivity index (χ0n) is 13.9. The quantitative estimate of drug-likeness (QED) is 0.764. The fourth-order valence-electron chi connectivity index (χ4n) is 2.79. The van der Waals surface area contributed by atoms with Gasteiger partial charge in [-0.05, 0) is 44.0 Å². The molecule has 2 aliphatic rings. The van der Waals surface area contributed by atoms with Crippen molar-refractivity contribution in [3.05, 3.63) is 29.8 Å². The SMILES string of the molecule is CC(=O)c1ccc(OCC(=O)N2CCN(C(=O)C3CC3)CC2)cc1. The predicted octanol–water partition coefficient (Wildman–Crippen LogP) is 1.35. The molecule has 0 atom stereocenters. The fraction of sp³-hybridized carbons (Fsp3) is 0.500. The van der Waals surface area contributed by atoms with Crippen molar-refractivity contribution in [1.82, 2.24) is 9.80 Å². The second-order valence-corrected chi connectivity index (χ2v) is 6.35. The van der Waals surface area contributed by atoms with E-state index in [-0.39, 0.29) is 30.1 Å². The average Bonchev–Trinajstić information content (AvgIpc) is 3.44. The number of rotatable bonds is 5. The Hall–Kier alpha value is -2.37. The van der Waals surface area contributed by atoms with Crippen molar-refractivity contribution in [3.63, 3.8) is 0 Å². The molecular formula is C18H22N2O4. The Kier molecular flexibility index (Phi) is 4.83. The number of hydrogen-bond donors (Lipinski definition) is 0. The molecule has 0 N–H and O–H groups in total. The fourth-order valence-corrected chi connectivity index (χ4v) is 2.79. The first-order valence-electron chi connectivity index (χ1n) is 8.35. The van der Waals surface area contributed by atoms with Crippen molar-refractivity contribution >= 4 is 17.6 Å². The molecule has 2 amide bonds. The smallest absolute Gasteiger partial charge is 0.260 e. The molecule has 0 unspecified atom stereocenters. The van der Waals surface area contributed by atoms with E-state index in [0.717, 1.165) is 12.8 Å². The van der Waals surface area contributed by atoms with Gasteiger partial charge in [-0.3, -0.25) is 14.4 Å². The summed E-state index contributed by atoms with van der Waals surface area (Å²) in [4.78, 5) is 39.0. The molecule has 128 valence electrons. The lowest BCUT2D eigenvalue weighted by atomic mass is 10.1. The number of ketones is 1. The van der Waals surface area contributed by atoms with Crippen LogP contribution in [0.5, 0.6) is 5.75 Å². The third-order valence-electron chi connectivity index (χ3n) is 4.49. The third kappa shape index (κ3) is 3.93. The van der Waals surface area contributed by atoms with E-state index in [4.69, 9.17) is 4.74 Å². The van der Waals surface area contributed by atoms with E-state index in [2.05, 4.69) is 0 Å². The van der Waals surface area contributed by atoms with Gasteiger partial charge in [0.25, 0.3) is 5.91 Å². The lowest BCUT2D eigenvalue weighted by molar-refractivity contribution is -0.141. The molecular weight excluding hydrogens is 308 g/mol. The monoisotopic (exact) mass is 330 g/mol. The minimum absolute atomic E-state index is 0.00348. The number of Topliss-reactive ketones (excluding diaryl/α,β-unsaturated/α-hetero) is 1. The van der Waals surface area contributed by atoms with E-state index in [1.54, 1.807) is 29.2 Å². The van der Waals surface area contributed by atoms with Gasteiger partial charge >= 0.3 is 0 Å². The van der Waals surface area contributed by atoms with Crippen LogP contribution in [0.3, 0.4) is 0 Å². The lowest BCUT2D eigenvalue weighted by Gasteiger charge is -2.34. The van der Waals surface area contributed by atoms with Gasteiger partial charge in [0.05, 0.1) is 0 Å². The Morgan fingerprint density at radius 2 is 1.58 bits per heavy atom. The molecule has 1 aromatic carbocycles. The minimum Gasteiger partial charge on any atom is -0.484 e. The van der Waals surface area contributed by atoms with Crippen LogP contribution < -0.4 is 4.74 Å². The molecule has 0 aromatic heterocycles. The van der Waals surface area contributed by atoms with Gasteiger partial charge in [-0.1, -0.05) is 0 Å². The number of piperazine rings is 1. The van der Waals surface area contributed by atoms with E-state index in [1.807, 2.05) is 4.90 Å². The van der Waals surface area contributed by atoms with E-state index in [9.17, 15) is 14.4 Å². The molecule has 6 heteroatoms. The van der Waals surface area contributed by atoms with Crippen LogP contribution in [0.1, 0.15) is 30.1 Å². The Morgan fingerprint density at radius 3 is 2.12 bits per heavy atom. The molecule has 0 radical (unpaired) electrons. The first-order chi connectivity index (χ1) is 11.5. The molecule has 3 rings (SSSR count). The van der Waals surface area contributed by atoms with E-state index in [0.29, 0.717) is 37.5 Å². The highest BCUT2D eigenvalue weighted by molar-refractivity contribution is 5.94. The second kappa shape index (κ2) is 7.03. The molecule has 24 heavy (non-hydrogen) atoms. The van der Waals surface area contributed by atoms with Crippen LogP contribution >= 0.6 is 0 Å². The summed E-state index contributed by atoms with van der Waals surface area (Å²) in [5, 5.41) is 0. The Labute approximate surface area is 141 Å². The Balaban J connectivity index is 1.44. The summed E-state index contributed by atoms with van der Waals surface area (Å²) >= 11 is 0. The van der Waals surface area contributed by atoms with Gasteiger partial charge in [-0.25, -0.2) is 0 Å². The number of carbonyl (C=O) groups is 3. The topological polar surface area (TPSA) is 66.9 Å². The molecule has 1 aliphatic carbocycles. The van der Waals surface area contributed by atoms with Crippen LogP contribution in [0, 0.1) is 5.92 Å². The van der Waals surface area contributed by atoms with Gasteiger partial charge in [-0.15, -0.1) is 0 Å². The van der Waals surface area contributed by atoms with Crippen LogP contribution in [0.4, 0.5) is 0 Å². The van der Waals surface area contributed by atoms with Gasteiger partial charge in [-0.2, -0.15) is 0 Å². The molecule has 6 nitrogen and oxygen atoms in total. The highest BCUT2D eigenvalue weighted by Gasteiger charge is 2.35. The molecule has 1 aliphatic heterocycles. The molecule has 2 fully saturated rings. The summed E-state index contributed by atoms with van der Waals surface area (Å²) in [6.45, 7) is 3.81. The molecule has 0 spiro atoms. The van der Waals surface area contributed by atoms with Crippen LogP contribution in [0.25, 0.3) is 0 Å². The van der Waals surface area contributed by atoms with Crippen molar-refractivity contribution in [2.75, 3.05) is 32.8 Å². The number of ether oxygens (including phenoxy) is 1. The van der Waals surface area contributed by atoms with Crippen LogP contribution in [0.2, 0.25) is 0 Å². The highest BCUT2D eigenvalue weighted by atomic mass is 16.5. The zero-order chi connectivity index (χ0) is 17.1. The van der Waals surface area contributed by atoms with E-state index >= 15 is 0 Å². The number of nitrogens with zero attached hydrogens (tertiary/aromatic N) is 2. The maximum Gasteiger partial charge on any atom is 0.260 e. The first-order valence-corrected chi connectivity index (χ1v) is 8.35. The van der Waals surface area contributed by atoms with Crippen molar-refractivity contribution < 1.29 is 19.1 Å². The highest BCUT2D eigenvalue weighted by Crippen LogP contribution is 2.31. The standard InChI is InChI=1S/C18H22N2O4/c1-13(21)14-4-6-16(7-5-14)24-12-17(22)19-8-10-20(11-9-19)18(23)15-2-3-15/h4-7,15H,2-3,8-12H2,1H3. The Bertz CT molecular complexity index is 629. The van der Waals surface area contributed by atoms with Gasteiger partial charge in [0.2, 0.25) is 5.91 Å². The number of amides is 2. The van der Waals surface area contributed by atoms with Crippen molar-refractivity contribution in [1.29, 1.82) is 0 Å². The van der Waals surface area contributed by atoms with Crippen molar-refractivity contribution in [2.24, 2.45) is 5.92 Å². The van der Waals surface area contributed by atoms with Crippen molar-refractivity contribution in [3.8, 4) is 5.75 Å². The van der Waals surface area contributed by atoms with E-state index < -0.39 is 0 Å². The number of benzene rings is 1. The molecule has 1 saturated carbocycles. The van der Waals surface area contributed by atoms with Crippen molar-refractivity contribution in [2.45, 2.75) is 19.8 Å². The Morgan fingerprint density at radius 1 is 1.00 bits per heavy atom. The normalized spacial score (nSPS) is 17.5. The van der Waals surface area contributed by atoms with Crippen LogP contribution in [-0.4, -0.2) is 60.2 Å². The summed E-state index contributed by atoms with van der Waals surface area (Å²) < 4.78 is 5.50. The second-order valence-electron chi connectivity index (χ2n) is 6.35. The largest absolute Gasteiger partial charge is 0.484 e. The summed E-state index contributed by atoms with van der Waals surface area (Å²) in [6, 6.07) is 6.75. The molecule has 1 heterocycles. The maximum absolute atomic E-state index is 12.2. The van der Waals surface area contributed by atoms with Gasteiger partial charge < -0.3 is 14.5 Å². The van der Waals surface area contributed by atoms with Gasteiger partial charge in [0.1, 0.15) is 5.75 Å².